The van der Waals surface area contributed by atoms with Crippen LogP contribution in [0.25, 0.3) is 0 Å². The predicted octanol–water partition coefficient (Wildman–Crippen LogP) is 3.74. The number of rotatable bonds is 5. The van der Waals surface area contributed by atoms with E-state index in [-0.39, 0.29) is 0 Å². The molecular weight excluding hydrogens is 288 g/mol. The highest BCUT2D eigenvalue weighted by Crippen LogP contribution is 2.17. The number of benzene rings is 1. The van der Waals surface area contributed by atoms with Crippen LogP contribution in [0.4, 0.5) is 0 Å². The van der Waals surface area contributed by atoms with Crippen LogP contribution in [0.1, 0.15) is 24.1 Å². The molecule has 0 unspecified atom stereocenters. The Morgan fingerprint density at radius 2 is 2.00 bits per heavy atom. The normalized spacial score (nSPS) is 12.3. The van der Waals surface area contributed by atoms with E-state index >= 15 is 0 Å². The molecule has 0 aliphatic carbocycles. The molecule has 0 spiro atoms. The number of hydrogen-bond donors (Lipinski definition) is 1. The number of hydrogen-bond acceptors (Lipinski definition) is 2. The van der Waals surface area contributed by atoms with E-state index in [9.17, 15) is 0 Å². The van der Waals surface area contributed by atoms with Crippen molar-refractivity contribution in [2.24, 2.45) is 0 Å². The summed E-state index contributed by atoms with van der Waals surface area (Å²) >= 11 is 3.50. The lowest BCUT2D eigenvalue weighted by Gasteiger charge is -2.14. The minimum Gasteiger partial charge on any atom is -0.310 e. The van der Waals surface area contributed by atoms with Crippen LogP contribution >= 0.6 is 15.9 Å². The Morgan fingerprint density at radius 3 is 2.72 bits per heavy atom. The fraction of sp³-hybridized carbons (Fsp3) is 0.267. The van der Waals surface area contributed by atoms with Gasteiger partial charge in [0, 0.05) is 22.9 Å². The number of pyridine rings is 1. The molecule has 1 aromatic carbocycles. The molecule has 0 saturated carbocycles. The zero-order valence-electron chi connectivity index (χ0n) is 10.4. The quantitative estimate of drug-likeness (QED) is 0.910. The zero-order valence-corrected chi connectivity index (χ0v) is 12.0. The van der Waals surface area contributed by atoms with Crippen molar-refractivity contribution in [1.29, 1.82) is 0 Å². The van der Waals surface area contributed by atoms with E-state index in [0.717, 1.165) is 17.4 Å². The van der Waals surface area contributed by atoms with Gasteiger partial charge in [0.1, 0.15) is 0 Å². The first-order chi connectivity index (χ1) is 8.75. The second-order valence-corrected chi connectivity index (χ2v) is 5.25. The van der Waals surface area contributed by atoms with E-state index in [1.54, 1.807) is 0 Å². The number of nitrogens with zero attached hydrogens (tertiary/aromatic N) is 1. The fourth-order valence-corrected chi connectivity index (χ4v) is 2.29. The van der Waals surface area contributed by atoms with Gasteiger partial charge in [-0.2, -0.15) is 0 Å². The molecule has 0 radical (unpaired) electrons. The van der Waals surface area contributed by atoms with Crippen molar-refractivity contribution in [1.82, 2.24) is 10.3 Å². The summed E-state index contributed by atoms with van der Waals surface area (Å²) in [7, 11) is 0. The molecule has 1 atom stereocenters. The second-order valence-electron chi connectivity index (χ2n) is 4.34. The maximum absolute atomic E-state index is 4.02. The zero-order chi connectivity index (χ0) is 12.8. The van der Waals surface area contributed by atoms with Gasteiger partial charge in [-0.3, -0.25) is 4.98 Å². The minimum absolute atomic E-state index is 0.365. The van der Waals surface area contributed by atoms with Gasteiger partial charge >= 0.3 is 0 Å². The van der Waals surface area contributed by atoms with Gasteiger partial charge in [-0.05, 0) is 55.3 Å². The Morgan fingerprint density at radius 1 is 1.22 bits per heavy atom. The summed E-state index contributed by atoms with van der Waals surface area (Å²) < 4.78 is 1.13. The second kappa shape index (κ2) is 6.66. The molecule has 1 aromatic heterocycles. The lowest BCUT2D eigenvalue weighted by Crippen LogP contribution is -2.21. The topological polar surface area (TPSA) is 24.9 Å². The lowest BCUT2D eigenvalue weighted by atomic mass is 10.1. The van der Waals surface area contributed by atoms with Crippen molar-refractivity contribution in [3.05, 3.63) is 64.4 Å². The molecule has 0 bridgehead atoms. The van der Waals surface area contributed by atoms with E-state index in [2.05, 4.69) is 63.5 Å². The summed E-state index contributed by atoms with van der Waals surface area (Å²) in [6.07, 6.45) is 4.71. The van der Waals surface area contributed by atoms with Crippen LogP contribution in [0.15, 0.2) is 53.3 Å². The molecule has 0 fully saturated rings. The summed E-state index contributed by atoms with van der Waals surface area (Å²) in [5.41, 5.74) is 2.62. The number of halogens is 1. The Labute approximate surface area is 117 Å². The third-order valence-electron chi connectivity index (χ3n) is 2.96. The van der Waals surface area contributed by atoms with Gasteiger partial charge in [0.15, 0.2) is 0 Å². The average molecular weight is 305 g/mol. The maximum Gasteiger partial charge on any atom is 0.0292 e. The standard InChI is InChI=1S/C15H17BrN2/c1-12(14-3-2-4-15(16)11-14)18-10-7-13-5-8-17-9-6-13/h2-6,8-9,11-12,18H,7,10H2,1H3/t12-/m0/s1. The van der Waals surface area contributed by atoms with Crippen molar-refractivity contribution in [3.8, 4) is 0 Å². The summed E-state index contributed by atoms with van der Waals surface area (Å²) in [6, 6.07) is 12.9. The predicted molar refractivity (Wildman–Crippen MR) is 78.5 cm³/mol. The Balaban J connectivity index is 1.83. The van der Waals surface area contributed by atoms with Crippen LogP contribution in [0, 0.1) is 0 Å². The molecule has 94 valence electrons. The Bertz CT molecular complexity index is 485. The van der Waals surface area contributed by atoms with Gasteiger partial charge in [0.2, 0.25) is 0 Å². The highest BCUT2D eigenvalue weighted by atomic mass is 79.9. The fourth-order valence-electron chi connectivity index (χ4n) is 1.88. The van der Waals surface area contributed by atoms with Gasteiger partial charge < -0.3 is 5.32 Å². The van der Waals surface area contributed by atoms with Crippen molar-refractivity contribution in [3.63, 3.8) is 0 Å². The van der Waals surface area contributed by atoms with E-state index < -0.39 is 0 Å². The van der Waals surface area contributed by atoms with Crippen molar-refractivity contribution < 1.29 is 0 Å². The third kappa shape index (κ3) is 3.93. The highest BCUT2D eigenvalue weighted by Gasteiger charge is 2.04. The van der Waals surface area contributed by atoms with E-state index in [4.69, 9.17) is 0 Å². The molecule has 18 heavy (non-hydrogen) atoms. The van der Waals surface area contributed by atoms with Crippen LogP contribution in [0.5, 0.6) is 0 Å². The van der Waals surface area contributed by atoms with Crippen LogP contribution < -0.4 is 5.32 Å². The van der Waals surface area contributed by atoms with Crippen molar-refractivity contribution >= 4 is 15.9 Å². The van der Waals surface area contributed by atoms with Crippen molar-refractivity contribution in [2.45, 2.75) is 19.4 Å². The first-order valence-corrected chi connectivity index (χ1v) is 6.93. The van der Waals surface area contributed by atoms with Crippen LogP contribution in [0.3, 0.4) is 0 Å². The smallest absolute Gasteiger partial charge is 0.0292 e. The molecule has 0 saturated heterocycles. The molecule has 1 heterocycles. The molecule has 0 amide bonds. The molecule has 1 N–H and O–H groups in total. The third-order valence-corrected chi connectivity index (χ3v) is 3.46. The summed E-state index contributed by atoms with van der Waals surface area (Å²) in [6.45, 7) is 3.16. The lowest BCUT2D eigenvalue weighted by molar-refractivity contribution is 0.576. The monoisotopic (exact) mass is 304 g/mol. The number of aromatic nitrogens is 1. The summed E-state index contributed by atoms with van der Waals surface area (Å²) in [5.74, 6) is 0. The van der Waals surface area contributed by atoms with Gasteiger partial charge in [-0.15, -0.1) is 0 Å². The Kier molecular flexibility index (Phi) is 4.90. The molecular formula is C15H17BrN2. The summed E-state index contributed by atoms with van der Waals surface area (Å²) in [5, 5.41) is 3.53. The van der Waals surface area contributed by atoms with Crippen LogP contribution in [0.2, 0.25) is 0 Å². The van der Waals surface area contributed by atoms with Gasteiger partial charge in [0.05, 0.1) is 0 Å². The molecule has 0 aliphatic rings. The molecule has 3 heteroatoms. The van der Waals surface area contributed by atoms with Crippen molar-refractivity contribution in [2.75, 3.05) is 6.54 Å². The molecule has 2 aromatic rings. The first-order valence-electron chi connectivity index (χ1n) is 6.13. The van der Waals surface area contributed by atoms with E-state index in [1.807, 2.05) is 18.5 Å². The number of nitrogens with one attached hydrogen (secondary N) is 1. The minimum atomic E-state index is 0.365. The van der Waals surface area contributed by atoms with Gasteiger partial charge in [0.25, 0.3) is 0 Å². The van der Waals surface area contributed by atoms with E-state index in [1.165, 1.54) is 11.1 Å². The first kappa shape index (κ1) is 13.2. The Hall–Kier alpha value is -1.19. The SMILES string of the molecule is C[C@H](NCCc1ccncc1)c1cccc(Br)c1. The van der Waals surface area contributed by atoms with Gasteiger partial charge in [-0.1, -0.05) is 28.1 Å². The maximum atomic E-state index is 4.02. The average Bonchev–Trinajstić information content (AvgIpc) is 2.40. The molecule has 0 aliphatic heterocycles. The summed E-state index contributed by atoms with van der Waals surface area (Å²) in [4.78, 5) is 4.02. The van der Waals surface area contributed by atoms with Gasteiger partial charge in [-0.25, -0.2) is 0 Å². The van der Waals surface area contributed by atoms with Crippen LogP contribution in [-0.4, -0.2) is 11.5 Å². The highest BCUT2D eigenvalue weighted by molar-refractivity contribution is 9.10. The van der Waals surface area contributed by atoms with Crippen LogP contribution in [-0.2, 0) is 6.42 Å². The largest absolute Gasteiger partial charge is 0.310 e. The molecule has 2 nitrogen and oxygen atoms in total. The van der Waals surface area contributed by atoms with E-state index in [0.29, 0.717) is 6.04 Å². The molecule has 2 rings (SSSR count).